The fourth-order valence-corrected chi connectivity index (χ4v) is 3.25. The maximum Gasteiger partial charge on any atom is 0.256 e. The van der Waals surface area contributed by atoms with Gasteiger partial charge in [0.2, 0.25) is 0 Å². The van der Waals surface area contributed by atoms with Crippen LogP contribution in [0, 0.1) is 0 Å². The fraction of sp³-hybridized carbons (Fsp3) is 0.333. The Balaban J connectivity index is 1.85. The highest BCUT2D eigenvalue weighted by molar-refractivity contribution is 5.99. The highest BCUT2D eigenvalue weighted by Crippen LogP contribution is 2.34. The first-order valence-electron chi connectivity index (χ1n) is 9.20. The Bertz CT molecular complexity index is 803. The molecule has 1 aliphatic heterocycles. The number of carbonyl (C=O) groups is 2. The van der Waals surface area contributed by atoms with Crippen molar-refractivity contribution >= 4 is 17.5 Å². The zero-order valence-corrected chi connectivity index (χ0v) is 15.3. The molecule has 2 aromatic carbocycles. The fourth-order valence-electron chi connectivity index (χ4n) is 3.25. The van der Waals surface area contributed by atoms with E-state index in [-0.39, 0.29) is 18.0 Å². The van der Waals surface area contributed by atoms with Crippen LogP contribution in [0.3, 0.4) is 0 Å². The first-order chi connectivity index (χ1) is 12.7. The lowest BCUT2D eigenvalue weighted by Gasteiger charge is -2.27. The van der Waals surface area contributed by atoms with Crippen LogP contribution < -0.4 is 10.6 Å². The van der Waals surface area contributed by atoms with E-state index in [1.54, 1.807) is 6.07 Å². The van der Waals surface area contributed by atoms with Gasteiger partial charge in [0.1, 0.15) is 6.17 Å². The smallest absolute Gasteiger partial charge is 0.256 e. The molecule has 3 rings (SSSR count). The lowest BCUT2D eigenvalue weighted by Crippen LogP contribution is -2.33. The van der Waals surface area contributed by atoms with Crippen LogP contribution >= 0.6 is 0 Å². The minimum absolute atomic E-state index is 0.0526. The third-order valence-electron chi connectivity index (χ3n) is 4.49. The van der Waals surface area contributed by atoms with E-state index in [2.05, 4.69) is 17.6 Å². The summed E-state index contributed by atoms with van der Waals surface area (Å²) in [6.07, 6.45) is 1.57. The van der Waals surface area contributed by atoms with Gasteiger partial charge in [0.15, 0.2) is 0 Å². The molecule has 1 heterocycles. The number of rotatable bonds is 7. The van der Waals surface area contributed by atoms with Gasteiger partial charge in [-0.1, -0.05) is 38.1 Å². The van der Waals surface area contributed by atoms with E-state index < -0.39 is 0 Å². The van der Waals surface area contributed by atoms with Gasteiger partial charge in [0.25, 0.3) is 11.8 Å². The van der Waals surface area contributed by atoms with Crippen molar-refractivity contribution in [2.75, 3.05) is 18.4 Å². The van der Waals surface area contributed by atoms with Crippen molar-refractivity contribution < 1.29 is 9.59 Å². The van der Waals surface area contributed by atoms with E-state index in [4.69, 9.17) is 0 Å². The molecule has 1 aliphatic rings. The van der Waals surface area contributed by atoms with Gasteiger partial charge in [0.05, 0.1) is 0 Å². The molecular formula is C21H25N3O2. The van der Waals surface area contributed by atoms with E-state index in [1.165, 1.54) is 0 Å². The number of nitrogens with one attached hydrogen (secondary N) is 2. The molecule has 2 amide bonds. The highest BCUT2D eigenvalue weighted by Gasteiger charge is 2.35. The van der Waals surface area contributed by atoms with Gasteiger partial charge in [-0.3, -0.25) is 9.59 Å². The number of benzene rings is 2. The predicted molar refractivity (Wildman–Crippen MR) is 103 cm³/mol. The zero-order valence-electron chi connectivity index (χ0n) is 15.3. The molecule has 5 heteroatoms. The lowest BCUT2D eigenvalue weighted by atomic mass is 10.1. The topological polar surface area (TPSA) is 61.4 Å². The second kappa shape index (κ2) is 8.04. The molecule has 136 valence electrons. The summed E-state index contributed by atoms with van der Waals surface area (Å²) >= 11 is 0. The summed E-state index contributed by atoms with van der Waals surface area (Å²) in [5.74, 6) is -0.0272. The highest BCUT2D eigenvalue weighted by atomic mass is 16.2. The zero-order chi connectivity index (χ0) is 18.5. The van der Waals surface area contributed by atoms with Crippen molar-refractivity contribution in [3.05, 3.63) is 65.2 Å². The first-order valence-corrected chi connectivity index (χ1v) is 9.20. The Morgan fingerprint density at radius 3 is 2.65 bits per heavy atom. The largest absolute Gasteiger partial charge is 0.361 e. The summed E-state index contributed by atoms with van der Waals surface area (Å²) in [5, 5.41) is 6.33. The maximum atomic E-state index is 12.7. The van der Waals surface area contributed by atoms with Crippen LogP contribution in [-0.2, 0) is 0 Å². The molecular weight excluding hydrogens is 326 g/mol. The number of anilines is 1. The van der Waals surface area contributed by atoms with Gasteiger partial charge in [-0.2, -0.15) is 0 Å². The van der Waals surface area contributed by atoms with Crippen LogP contribution in [0.15, 0.2) is 48.5 Å². The van der Waals surface area contributed by atoms with Crippen LogP contribution in [0.25, 0.3) is 0 Å². The molecule has 0 radical (unpaired) electrons. The summed E-state index contributed by atoms with van der Waals surface area (Å²) < 4.78 is 0. The van der Waals surface area contributed by atoms with Gasteiger partial charge < -0.3 is 15.5 Å². The third-order valence-corrected chi connectivity index (χ3v) is 4.49. The van der Waals surface area contributed by atoms with Gasteiger partial charge in [-0.05, 0) is 37.1 Å². The van der Waals surface area contributed by atoms with Crippen molar-refractivity contribution in [1.29, 1.82) is 0 Å². The minimum Gasteiger partial charge on any atom is -0.361 e. The lowest BCUT2D eigenvalue weighted by molar-refractivity contribution is 0.0742. The Hall–Kier alpha value is -2.82. The number of fused-ring (bicyclic) bond motifs is 1. The monoisotopic (exact) mass is 351 g/mol. The van der Waals surface area contributed by atoms with Crippen LogP contribution in [0.4, 0.5) is 5.69 Å². The van der Waals surface area contributed by atoms with Crippen LogP contribution in [-0.4, -0.2) is 29.8 Å². The second-order valence-electron chi connectivity index (χ2n) is 6.47. The third kappa shape index (κ3) is 3.57. The average molecular weight is 351 g/mol. The Labute approximate surface area is 154 Å². The summed E-state index contributed by atoms with van der Waals surface area (Å²) in [6.45, 7) is 5.42. The number of hydrogen-bond acceptors (Lipinski definition) is 3. The quantitative estimate of drug-likeness (QED) is 0.797. The molecule has 2 aromatic rings. The van der Waals surface area contributed by atoms with E-state index in [0.717, 1.165) is 29.7 Å². The Morgan fingerprint density at radius 2 is 1.88 bits per heavy atom. The van der Waals surface area contributed by atoms with E-state index >= 15 is 0 Å². The van der Waals surface area contributed by atoms with Gasteiger partial charge in [-0.15, -0.1) is 0 Å². The maximum absolute atomic E-state index is 12.7. The van der Waals surface area contributed by atoms with Gasteiger partial charge in [-0.25, -0.2) is 0 Å². The van der Waals surface area contributed by atoms with Crippen molar-refractivity contribution in [2.24, 2.45) is 0 Å². The number of carbonyl (C=O) groups excluding carboxylic acids is 2. The van der Waals surface area contributed by atoms with E-state index in [0.29, 0.717) is 18.7 Å². The molecule has 5 nitrogen and oxygen atoms in total. The number of hydrogen-bond donors (Lipinski definition) is 2. The molecule has 1 atom stereocenters. The normalized spacial score (nSPS) is 15.7. The summed E-state index contributed by atoms with van der Waals surface area (Å²) in [5.41, 5.74) is 3.16. The average Bonchev–Trinajstić information content (AvgIpc) is 2.93. The molecule has 0 saturated heterocycles. The minimum atomic E-state index is -0.215. The summed E-state index contributed by atoms with van der Waals surface area (Å²) in [4.78, 5) is 26.8. The molecule has 0 saturated carbocycles. The van der Waals surface area contributed by atoms with Crippen molar-refractivity contribution in [3.63, 3.8) is 0 Å². The van der Waals surface area contributed by atoms with Crippen molar-refractivity contribution in [1.82, 2.24) is 10.2 Å². The number of amides is 2. The first kappa shape index (κ1) is 18.0. The molecule has 26 heavy (non-hydrogen) atoms. The molecule has 0 spiro atoms. The predicted octanol–water partition coefficient (Wildman–Crippen LogP) is 3.80. The SMILES string of the molecule is CCCNC(=O)c1cccc(N[C@H]2c3ccccc3C(=O)N2CCC)c1. The molecule has 0 fully saturated rings. The standard InChI is InChI=1S/C21H25N3O2/c1-3-12-22-20(25)15-8-7-9-16(14-15)23-19-17-10-5-6-11-18(17)21(26)24(19)13-4-2/h5-11,14,19,23H,3-4,12-13H2,1-2H3,(H,22,25)/t19-/m1/s1. The second-order valence-corrected chi connectivity index (χ2v) is 6.47. The van der Waals surface area contributed by atoms with Crippen LogP contribution in [0.1, 0.15) is 59.1 Å². The summed E-state index contributed by atoms with van der Waals surface area (Å²) in [6, 6.07) is 15.1. The Kier molecular flexibility index (Phi) is 5.56. The van der Waals surface area contributed by atoms with E-state index in [9.17, 15) is 9.59 Å². The molecule has 2 N–H and O–H groups in total. The molecule has 0 aromatic heterocycles. The van der Waals surface area contributed by atoms with Crippen molar-refractivity contribution in [2.45, 2.75) is 32.9 Å². The van der Waals surface area contributed by atoms with Gasteiger partial charge >= 0.3 is 0 Å². The summed E-state index contributed by atoms with van der Waals surface area (Å²) in [7, 11) is 0. The Morgan fingerprint density at radius 1 is 1.08 bits per heavy atom. The van der Waals surface area contributed by atoms with Crippen molar-refractivity contribution in [3.8, 4) is 0 Å². The molecule has 0 bridgehead atoms. The van der Waals surface area contributed by atoms with Crippen LogP contribution in [0.5, 0.6) is 0 Å². The van der Waals surface area contributed by atoms with Crippen LogP contribution in [0.2, 0.25) is 0 Å². The van der Waals surface area contributed by atoms with E-state index in [1.807, 2.05) is 54.3 Å². The molecule has 0 aliphatic carbocycles. The van der Waals surface area contributed by atoms with Gasteiger partial charge in [0, 0.05) is 35.5 Å². The molecule has 0 unspecified atom stereocenters. The number of nitrogens with zero attached hydrogens (tertiary/aromatic N) is 1.